The molecule has 0 bridgehead atoms. The number of aryl methyl sites for hydroxylation is 1. The zero-order valence-electron chi connectivity index (χ0n) is 12.0. The van der Waals surface area contributed by atoms with Crippen molar-refractivity contribution in [2.75, 3.05) is 0 Å². The number of hydrogen-bond acceptors (Lipinski definition) is 4. The molecule has 0 aliphatic carbocycles. The Bertz CT molecular complexity index is 591. The van der Waals surface area contributed by atoms with Gasteiger partial charge in [0.25, 0.3) is 0 Å². The van der Waals surface area contributed by atoms with Gasteiger partial charge in [-0.2, -0.15) is 10.2 Å². The summed E-state index contributed by atoms with van der Waals surface area (Å²) < 4.78 is 2.14. The van der Waals surface area contributed by atoms with Gasteiger partial charge < -0.3 is 9.88 Å². The van der Waals surface area contributed by atoms with Crippen LogP contribution in [0.3, 0.4) is 0 Å². The van der Waals surface area contributed by atoms with Crippen molar-refractivity contribution in [3.63, 3.8) is 0 Å². The Hall–Kier alpha value is -2.16. The molecule has 3 rings (SSSR count). The van der Waals surface area contributed by atoms with E-state index in [1.165, 1.54) is 0 Å². The first-order valence-corrected chi connectivity index (χ1v) is 7.38. The minimum atomic E-state index is -0.369. The van der Waals surface area contributed by atoms with E-state index in [9.17, 15) is 4.79 Å². The van der Waals surface area contributed by atoms with Crippen LogP contribution in [0.4, 0.5) is 0 Å². The molecule has 6 heteroatoms. The van der Waals surface area contributed by atoms with Crippen LogP contribution in [0.25, 0.3) is 0 Å². The average molecular weight is 285 g/mol. The van der Waals surface area contributed by atoms with Gasteiger partial charge in [0, 0.05) is 57.1 Å². The summed E-state index contributed by atoms with van der Waals surface area (Å²) in [5.74, 6) is 3.71. The maximum absolute atomic E-state index is 12.0. The van der Waals surface area contributed by atoms with E-state index in [1.54, 1.807) is 0 Å². The standard InChI is InChI=1S/C15H19N5O/c1-2-3-6-15(18-19-15)7-4-14(21)17-12-5-9-20-10-8-16-13(20)11-12/h1,8,10,12H,3-7,9,11H2,(H,17,21). The fourth-order valence-electron chi connectivity index (χ4n) is 2.76. The number of amides is 1. The zero-order chi connectivity index (χ0) is 14.7. The summed E-state index contributed by atoms with van der Waals surface area (Å²) in [7, 11) is 0. The molecule has 0 fully saturated rings. The van der Waals surface area contributed by atoms with Crippen LogP contribution in [-0.4, -0.2) is 27.2 Å². The number of rotatable bonds is 6. The van der Waals surface area contributed by atoms with Crippen LogP contribution >= 0.6 is 0 Å². The van der Waals surface area contributed by atoms with Gasteiger partial charge in [0.05, 0.1) is 0 Å². The van der Waals surface area contributed by atoms with Gasteiger partial charge in [0.1, 0.15) is 5.82 Å². The number of hydrogen-bond donors (Lipinski definition) is 1. The van der Waals surface area contributed by atoms with Crippen LogP contribution in [0.1, 0.15) is 37.9 Å². The van der Waals surface area contributed by atoms with E-state index in [-0.39, 0.29) is 17.6 Å². The van der Waals surface area contributed by atoms with Crippen molar-refractivity contribution in [3.05, 3.63) is 18.2 Å². The maximum Gasteiger partial charge on any atom is 0.220 e. The fourth-order valence-corrected chi connectivity index (χ4v) is 2.76. The molecular formula is C15H19N5O. The van der Waals surface area contributed by atoms with Gasteiger partial charge >= 0.3 is 0 Å². The molecule has 3 heterocycles. The number of imidazole rings is 1. The minimum absolute atomic E-state index is 0.0670. The van der Waals surface area contributed by atoms with Gasteiger partial charge in [-0.25, -0.2) is 4.98 Å². The number of terminal acetylenes is 1. The average Bonchev–Trinajstić information content (AvgIpc) is 3.11. The van der Waals surface area contributed by atoms with E-state index in [0.29, 0.717) is 19.3 Å². The summed E-state index contributed by atoms with van der Waals surface area (Å²) >= 11 is 0. The third-order valence-corrected chi connectivity index (χ3v) is 4.12. The summed E-state index contributed by atoms with van der Waals surface area (Å²) in [6.07, 6.45) is 13.3. The SMILES string of the molecule is C#CCCC1(CCC(=O)NC2CCn3ccnc3C2)N=N1. The first kappa shape index (κ1) is 13.8. The Kier molecular flexibility index (Phi) is 3.74. The number of carbonyl (C=O) groups is 1. The second-order valence-corrected chi connectivity index (χ2v) is 5.68. The second-order valence-electron chi connectivity index (χ2n) is 5.68. The highest BCUT2D eigenvalue weighted by atomic mass is 16.1. The molecule has 1 amide bonds. The minimum Gasteiger partial charge on any atom is -0.353 e. The highest BCUT2D eigenvalue weighted by Gasteiger charge is 2.39. The number of fused-ring (bicyclic) bond motifs is 1. The number of nitrogens with zero attached hydrogens (tertiary/aromatic N) is 4. The lowest BCUT2D eigenvalue weighted by Crippen LogP contribution is -2.40. The van der Waals surface area contributed by atoms with Crippen molar-refractivity contribution < 1.29 is 4.79 Å². The second kappa shape index (κ2) is 5.68. The Morgan fingerprint density at radius 1 is 1.52 bits per heavy atom. The Balaban J connectivity index is 1.42. The van der Waals surface area contributed by atoms with Crippen LogP contribution in [0, 0.1) is 12.3 Å². The van der Waals surface area contributed by atoms with Gasteiger partial charge in [0.15, 0.2) is 5.66 Å². The van der Waals surface area contributed by atoms with E-state index in [1.807, 2.05) is 12.4 Å². The molecule has 0 radical (unpaired) electrons. The van der Waals surface area contributed by atoms with E-state index < -0.39 is 0 Å². The van der Waals surface area contributed by atoms with Crippen molar-refractivity contribution in [1.29, 1.82) is 0 Å². The molecular weight excluding hydrogens is 266 g/mol. The normalized spacial score (nSPS) is 21.4. The monoisotopic (exact) mass is 285 g/mol. The quantitative estimate of drug-likeness (QED) is 0.808. The van der Waals surface area contributed by atoms with Crippen LogP contribution < -0.4 is 5.32 Å². The molecule has 0 saturated heterocycles. The largest absolute Gasteiger partial charge is 0.353 e. The third kappa shape index (κ3) is 3.30. The van der Waals surface area contributed by atoms with Crippen molar-refractivity contribution in [2.24, 2.45) is 10.2 Å². The van der Waals surface area contributed by atoms with Gasteiger partial charge in [-0.1, -0.05) is 0 Å². The van der Waals surface area contributed by atoms with Crippen molar-refractivity contribution in [1.82, 2.24) is 14.9 Å². The molecule has 0 spiro atoms. The Labute approximate surface area is 124 Å². The van der Waals surface area contributed by atoms with Gasteiger partial charge in [-0.05, 0) is 6.42 Å². The maximum atomic E-state index is 12.0. The highest BCUT2D eigenvalue weighted by Crippen LogP contribution is 2.37. The van der Waals surface area contributed by atoms with Crippen LogP contribution in [0.5, 0.6) is 0 Å². The lowest BCUT2D eigenvalue weighted by molar-refractivity contribution is -0.122. The van der Waals surface area contributed by atoms with Crippen LogP contribution in [-0.2, 0) is 17.8 Å². The topological polar surface area (TPSA) is 71.6 Å². The summed E-state index contributed by atoms with van der Waals surface area (Å²) in [6.45, 7) is 0.914. The lowest BCUT2D eigenvalue weighted by Gasteiger charge is -2.24. The Morgan fingerprint density at radius 3 is 3.14 bits per heavy atom. The molecule has 1 aromatic rings. The van der Waals surface area contributed by atoms with Crippen molar-refractivity contribution in [3.8, 4) is 12.3 Å². The number of carbonyl (C=O) groups excluding carboxylic acids is 1. The summed E-state index contributed by atoms with van der Waals surface area (Å²) in [6, 6.07) is 0.183. The smallest absolute Gasteiger partial charge is 0.220 e. The lowest BCUT2D eigenvalue weighted by atomic mass is 10.0. The van der Waals surface area contributed by atoms with E-state index in [4.69, 9.17) is 6.42 Å². The number of aromatic nitrogens is 2. The highest BCUT2D eigenvalue weighted by molar-refractivity contribution is 5.76. The molecule has 1 N–H and O–H groups in total. The molecule has 2 aliphatic heterocycles. The fraction of sp³-hybridized carbons (Fsp3) is 0.600. The van der Waals surface area contributed by atoms with Gasteiger partial charge in [0.2, 0.25) is 5.91 Å². The summed E-state index contributed by atoms with van der Waals surface area (Å²) in [4.78, 5) is 16.4. The van der Waals surface area contributed by atoms with Crippen LogP contribution in [0.15, 0.2) is 22.6 Å². The third-order valence-electron chi connectivity index (χ3n) is 4.12. The summed E-state index contributed by atoms with van der Waals surface area (Å²) in [5.41, 5.74) is -0.369. The molecule has 110 valence electrons. The molecule has 1 unspecified atom stereocenters. The van der Waals surface area contributed by atoms with Crippen molar-refractivity contribution in [2.45, 2.75) is 56.8 Å². The molecule has 1 atom stereocenters. The molecule has 0 saturated carbocycles. The van der Waals surface area contributed by atoms with Crippen LogP contribution in [0.2, 0.25) is 0 Å². The Morgan fingerprint density at radius 2 is 2.38 bits per heavy atom. The van der Waals surface area contributed by atoms with E-state index >= 15 is 0 Å². The first-order chi connectivity index (χ1) is 10.2. The van der Waals surface area contributed by atoms with Crippen molar-refractivity contribution >= 4 is 5.91 Å². The van der Waals surface area contributed by atoms with Gasteiger partial charge in [-0.3, -0.25) is 4.79 Å². The number of nitrogens with one attached hydrogen (secondary N) is 1. The first-order valence-electron chi connectivity index (χ1n) is 7.38. The molecule has 2 aliphatic rings. The van der Waals surface area contributed by atoms with E-state index in [2.05, 4.69) is 31.0 Å². The summed E-state index contributed by atoms with van der Waals surface area (Å²) in [5, 5.41) is 11.2. The predicted molar refractivity (Wildman–Crippen MR) is 77.4 cm³/mol. The zero-order valence-corrected chi connectivity index (χ0v) is 12.0. The van der Waals surface area contributed by atoms with Gasteiger partial charge in [-0.15, -0.1) is 12.3 Å². The predicted octanol–water partition coefficient (Wildman–Crippen LogP) is 1.67. The molecule has 1 aromatic heterocycles. The molecule has 0 aromatic carbocycles. The van der Waals surface area contributed by atoms with E-state index in [0.717, 1.165) is 31.6 Å². The molecule has 21 heavy (non-hydrogen) atoms. The molecule has 6 nitrogen and oxygen atoms in total.